The molecule has 0 atom stereocenters. The minimum Gasteiger partial charge on any atom is -0.303 e. The summed E-state index contributed by atoms with van der Waals surface area (Å²) in [4.78, 5) is 98.6. The molecule has 14 aromatic rings. The summed E-state index contributed by atoms with van der Waals surface area (Å²) in [5.74, 6) is -2.59. The molecule has 94 heavy (non-hydrogen) atoms. The third kappa shape index (κ3) is 11.6. The molecule has 0 bridgehead atoms. The molecule has 10 heteroatoms. The number of anilines is 2. The first-order valence-electron chi connectivity index (χ1n) is 31.2. The number of hydrogen-bond donors (Lipinski definition) is 0. The van der Waals surface area contributed by atoms with Crippen LogP contribution < -0.4 is 9.80 Å². The van der Waals surface area contributed by atoms with E-state index >= 15 is 19.2 Å². The zero-order chi connectivity index (χ0) is 64.1. The van der Waals surface area contributed by atoms with Crippen molar-refractivity contribution < 1.29 is 28.8 Å². The number of nitrogens with zero attached hydrogens (tertiary/aromatic N) is 4. The molecule has 0 aromatic heterocycles. The summed E-state index contributed by atoms with van der Waals surface area (Å²) >= 11 is 0. The third-order valence-electron chi connectivity index (χ3n) is 17.5. The van der Waals surface area contributed by atoms with E-state index in [1.54, 1.807) is 52.3 Å². The maximum Gasteiger partial charge on any atom is 0.261 e. The predicted octanol–water partition coefficient (Wildman–Crippen LogP) is 18.1. The molecule has 6 amide bonds. The van der Waals surface area contributed by atoms with Gasteiger partial charge < -0.3 is 9.80 Å². The van der Waals surface area contributed by atoms with Gasteiger partial charge in [-0.3, -0.25) is 38.6 Å². The van der Waals surface area contributed by atoms with Gasteiger partial charge in [0.15, 0.2) is 0 Å². The van der Waals surface area contributed by atoms with Crippen molar-refractivity contribution in [1.82, 2.24) is 9.80 Å². The van der Waals surface area contributed by atoms with E-state index in [1.807, 2.05) is 273 Å². The Balaban J connectivity index is 0.848. The van der Waals surface area contributed by atoms with Crippen molar-refractivity contribution in [1.29, 1.82) is 0 Å². The summed E-state index contributed by atoms with van der Waals surface area (Å²) in [5, 5.41) is 6.62. The summed E-state index contributed by atoms with van der Waals surface area (Å²) in [7, 11) is 0. The molecule has 0 unspecified atom stereocenters. The molecule has 0 saturated heterocycles. The average molecular weight is 1220 g/mol. The first-order valence-corrected chi connectivity index (χ1v) is 31.2. The van der Waals surface area contributed by atoms with Gasteiger partial charge in [-0.2, -0.15) is 0 Å². The van der Waals surface area contributed by atoms with E-state index in [0.717, 1.165) is 43.8 Å². The first-order chi connectivity index (χ1) is 46.2. The van der Waals surface area contributed by atoms with Gasteiger partial charge in [0.2, 0.25) is 0 Å². The van der Waals surface area contributed by atoms with Gasteiger partial charge in [-0.25, -0.2) is 0 Å². The molecule has 0 spiro atoms. The lowest BCUT2D eigenvalue weighted by molar-refractivity contribution is 0.0591. The molecule has 14 rings (SSSR count). The Kier molecular flexibility index (Phi) is 16.5. The normalized spacial score (nSPS) is 11.2. The Hall–Kier alpha value is -12.4. The lowest BCUT2D eigenvalue weighted by Crippen LogP contribution is -2.37. The molecule has 0 N–H and O–H groups in total. The number of amides is 6. The van der Waals surface area contributed by atoms with E-state index in [4.69, 9.17) is 0 Å². The number of hydrogen-bond acceptors (Lipinski definition) is 6. The minimum atomic E-state index is -0.516. The second-order valence-corrected chi connectivity index (χ2v) is 23.2. The van der Waals surface area contributed by atoms with Crippen LogP contribution in [-0.2, 0) is 26.2 Å². The average Bonchev–Trinajstić information content (AvgIpc) is 0.959. The fourth-order valence-electron chi connectivity index (χ4n) is 12.8. The zero-order valence-corrected chi connectivity index (χ0v) is 51.1. The summed E-state index contributed by atoms with van der Waals surface area (Å²) in [6.07, 6.45) is 0. The second-order valence-electron chi connectivity index (χ2n) is 23.2. The maximum atomic E-state index is 16.1. The summed E-state index contributed by atoms with van der Waals surface area (Å²) in [6.45, 7) is 0.317. The molecule has 14 aromatic carbocycles. The molecule has 0 saturated carbocycles. The van der Waals surface area contributed by atoms with Crippen molar-refractivity contribution in [2.24, 2.45) is 0 Å². The largest absolute Gasteiger partial charge is 0.303 e. The number of fused-ring (bicyclic) bond motifs is 5. The van der Waals surface area contributed by atoms with Crippen LogP contribution in [0.1, 0.15) is 84.4 Å². The number of carbonyl (C=O) groups excluding carboxylic acids is 6. The number of carbonyl (C=O) groups is 6. The number of rotatable bonds is 16. The van der Waals surface area contributed by atoms with E-state index in [1.165, 1.54) is 9.80 Å². The number of benzene rings is 14. The monoisotopic (exact) mass is 1220 g/mol. The van der Waals surface area contributed by atoms with Crippen LogP contribution in [0.15, 0.2) is 315 Å². The van der Waals surface area contributed by atoms with Crippen LogP contribution in [0.3, 0.4) is 0 Å². The minimum absolute atomic E-state index is 0.00632. The van der Waals surface area contributed by atoms with Crippen LogP contribution in [0.5, 0.6) is 0 Å². The quantitative estimate of drug-likeness (QED) is 0.0890. The van der Waals surface area contributed by atoms with Crippen molar-refractivity contribution >= 4 is 101 Å². The van der Waals surface area contributed by atoms with Crippen molar-refractivity contribution in [3.63, 3.8) is 0 Å². The van der Waals surface area contributed by atoms with Gasteiger partial charge in [-0.15, -0.1) is 0 Å². The maximum absolute atomic E-state index is 16.1. The Morgan fingerprint density at radius 3 is 0.766 bits per heavy atom. The van der Waals surface area contributed by atoms with Crippen LogP contribution in [0.4, 0.5) is 11.4 Å². The fourth-order valence-corrected chi connectivity index (χ4v) is 12.8. The van der Waals surface area contributed by atoms with E-state index in [0.29, 0.717) is 71.5 Å². The summed E-state index contributed by atoms with van der Waals surface area (Å²) in [6, 6.07) is 97.3. The molecule has 452 valence electrons. The van der Waals surface area contributed by atoms with Crippen molar-refractivity contribution in [3.8, 4) is 0 Å². The molecule has 0 fully saturated rings. The van der Waals surface area contributed by atoms with Crippen molar-refractivity contribution in [3.05, 3.63) is 371 Å². The Morgan fingerprint density at radius 2 is 0.426 bits per heavy atom. The molecule has 10 nitrogen and oxygen atoms in total. The van der Waals surface area contributed by atoms with Crippen LogP contribution in [0.2, 0.25) is 0 Å². The summed E-state index contributed by atoms with van der Waals surface area (Å²) < 4.78 is 0. The predicted molar refractivity (Wildman–Crippen MR) is 375 cm³/mol. The highest BCUT2D eigenvalue weighted by atomic mass is 16.2. The van der Waals surface area contributed by atoms with Crippen LogP contribution in [-0.4, -0.2) is 45.2 Å². The van der Waals surface area contributed by atoms with E-state index in [2.05, 4.69) is 0 Å². The van der Waals surface area contributed by atoms with Gasteiger partial charge in [0.1, 0.15) is 0 Å². The van der Waals surface area contributed by atoms with E-state index in [9.17, 15) is 9.59 Å². The van der Waals surface area contributed by atoms with E-state index < -0.39 is 23.6 Å². The molecule has 0 radical (unpaired) electrons. The topological polar surface area (TPSA) is 115 Å². The fraction of sp³-hybridized carbons (Fsp3) is 0.0476. The molecule has 0 aliphatic heterocycles. The van der Waals surface area contributed by atoms with Gasteiger partial charge >= 0.3 is 0 Å². The molecule has 0 aliphatic carbocycles. The van der Waals surface area contributed by atoms with Gasteiger partial charge in [0.25, 0.3) is 35.4 Å². The Morgan fingerprint density at radius 1 is 0.191 bits per heavy atom. The van der Waals surface area contributed by atoms with Gasteiger partial charge in [0, 0.05) is 44.2 Å². The Bertz CT molecular complexity index is 5240. The highest BCUT2D eigenvalue weighted by Gasteiger charge is 2.33. The van der Waals surface area contributed by atoms with Crippen LogP contribution in [0, 0.1) is 0 Å². The summed E-state index contributed by atoms with van der Waals surface area (Å²) in [5.41, 5.74) is 6.38. The van der Waals surface area contributed by atoms with Crippen LogP contribution >= 0.6 is 0 Å². The molecular formula is C84H60N4O6. The lowest BCUT2D eigenvalue weighted by atomic mass is 9.96. The standard InChI is InChI=1S/C84H60N4O6/c89-79(73-47-48-74(66-40-18-17-39-65(66)73)83(93)87(55-59-29-9-3-10-30-59)81(91)71-45-23-35-61-33-13-15-37-63(61)71)85(53-57-25-5-1-6-26-57)77-51-49-75(67-41-19-21-43-69(67)77)80(90)86(54-58-27-7-2-8-28-58)78-52-50-76(68-42-20-22-44-70(68)78)84(94)88(56-60-31-11-4-12-32-60)82(92)72-46-24-36-62-34-14-16-38-64(62)72/h1-52H,53-56H2. The van der Waals surface area contributed by atoms with E-state index in [-0.39, 0.29) is 43.6 Å². The van der Waals surface area contributed by atoms with Crippen LogP contribution in [0.25, 0.3) is 53.9 Å². The second kappa shape index (κ2) is 26.2. The molecule has 0 heterocycles. The van der Waals surface area contributed by atoms with Gasteiger partial charge in [-0.1, -0.05) is 267 Å². The molecular weight excluding hydrogens is 1160 g/mol. The van der Waals surface area contributed by atoms with Gasteiger partial charge in [-0.05, 0) is 114 Å². The smallest absolute Gasteiger partial charge is 0.261 e. The Labute approximate surface area is 543 Å². The number of imide groups is 2. The molecule has 0 aliphatic rings. The van der Waals surface area contributed by atoms with Gasteiger partial charge in [0.05, 0.1) is 37.6 Å². The highest BCUT2D eigenvalue weighted by Crippen LogP contribution is 2.38. The third-order valence-corrected chi connectivity index (χ3v) is 17.5. The lowest BCUT2D eigenvalue weighted by Gasteiger charge is -2.29. The first kappa shape index (κ1) is 59.2. The SMILES string of the molecule is O=C(c1cccc2ccccc12)N(Cc1ccccc1)C(=O)c1ccc(C(=O)N(Cc2ccccc2)c2ccc(C(=O)N(Cc3ccccc3)c3ccc(C(=O)N(Cc4ccccc4)C(=O)c4cccc5ccccc45)c4ccccc34)c3ccccc23)c2ccccc12. The zero-order valence-electron chi connectivity index (χ0n) is 51.1. The van der Waals surface area contributed by atoms with Crippen molar-refractivity contribution in [2.45, 2.75) is 26.2 Å². The van der Waals surface area contributed by atoms with Crippen molar-refractivity contribution in [2.75, 3.05) is 9.80 Å². The highest BCUT2D eigenvalue weighted by molar-refractivity contribution is 6.25.